The van der Waals surface area contributed by atoms with Crippen molar-refractivity contribution in [2.24, 2.45) is 12.5 Å². The highest BCUT2D eigenvalue weighted by Gasteiger charge is 2.48. The number of aliphatic hydroxyl groups excluding tert-OH is 1. The highest BCUT2D eigenvalue weighted by atomic mass is 35.5. The second kappa shape index (κ2) is 12.1. The lowest BCUT2D eigenvalue weighted by atomic mass is 9.73. The molecule has 1 atom stereocenters. The molecule has 0 radical (unpaired) electrons. The minimum Gasteiger partial charge on any atom is -0.491 e. The number of carbonyl (C=O) groups excluding carboxylic acids is 1. The number of piperidine rings is 1. The van der Waals surface area contributed by atoms with E-state index in [1.54, 1.807) is 12.1 Å². The maximum atomic E-state index is 12.3. The van der Waals surface area contributed by atoms with Crippen molar-refractivity contribution in [2.45, 2.75) is 59.5 Å². The van der Waals surface area contributed by atoms with Crippen LogP contribution in [0.5, 0.6) is 5.75 Å². The second-order valence-corrected chi connectivity index (χ2v) is 12.2. The molecule has 1 amide bonds. The van der Waals surface area contributed by atoms with Crippen molar-refractivity contribution in [2.75, 3.05) is 44.8 Å². The lowest BCUT2D eigenvalue weighted by Crippen LogP contribution is -2.64. The minimum atomic E-state index is -0.535. The molecule has 0 bridgehead atoms. The third-order valence-electron chi connectivity index (χ3n) is 8.56. The zero-order chi connectivity index (χ0) is 30.2. The molecular weight excluding hydrogens is 556 g/mol. The van der Waals surface area contributed by atoms with E-state index >= 15 is 0 Å². The zero-order valence-corrected chi connectivity index (χ0v) is 26.2. The van der Waals surface area contributed by atoms with Gasteiger partial charge in [0.1, 0.15) is 18.2 Å². The SMILES string of the molecule is CCC[C@@H](O)COc1ccc(Cl)c(-c2nc(-c3c(C)c(C)nn3C)c(C)c(N3CC4(CCCN(C(=O)OC)C4)C3)n2)c1. The first-order valence-electron chi connectivity index (χ1n) is 14.6. The van der Waals surface area contributed by atoms with Gasteiger partial charge in [0, 0.05) is 49.8 Å². The Bertz CT molecular complexity index is 1470. The molecule has 5 rings (SSSR count). The van der Waals surface area contributed by atoms with Gasteiger partial charge in [-0.3, -0.25) is 4.68 Å². The summed E-state index contributed by atoms with van der Waals surface area (Å²) >= 11 is 6.74. The summed E-state index contributed by atoms with van der Waals surface area (Å²) in [5.41, 5.74) is 5.37. The van der Waals surface area contributed by atoms with Crippen molar-refractivity contribution in [3.05, 3.63) is 40.0 Å². The summed E-state index contributed by atoms with van der Waals surface area (Å²) in [6, 6.07) is 5.42. The molecule has 3 aromatic rings. The smallest absolute Gasteiger partial charge is 0.409 e. The van der Waals surface area contributed by atoms with Crippen LogP contribution in [0.15, 0.2) is 18.2 Å². The van der Waals surface area contributed by atoms with Crippen LogP contribution in [-0.2, 0) is 11.8 Å². The number of nitrogens with zero attached hydrogens (tertiary/aromatic N) is 6. The van der Waals surface area contributed by atoms with Gasteiger partial charge in [0.2, 0.25) is 0 Å². The van der Waals surface area contributed by atoms with Gasteiger partial charge in [-0.25, -0.2) is 14.8 Å². The van der Waals surface area contributed by atoms with Crippen molar-refractivity contribution in [3.63, 3.8) is 0 Å². The van der Waals surface area contributed by atoms with Gasteiger partial charge in [-0.2, -0.15) is 5.10 Å². The van der Waals surface area contributed by atoms with Crippen molar-refractivity contribution >= 4 is 23.5 Å². The molecule has 2 saturated heterocycles. The monoisotopic (exact) mass is 596 g/mol. The first-order chi connectivity index (χ1) is 20.1. The number of hydrogen-bond acceptors (Lipinski definition) is 8. The molecule has 2 aliphatic heterocycles. The largest absolute Gasteiger partial charge is 0.491 e. The Kier molecular flexibility index (Phi) is 8.66. The summed E-state index contributed by atoms with van der Waals surface area (Å²) in [4.78, 5) is 26.5. The Morgan fingerprint density at radius 3 is 2.60 bits per heavy atom. The molecular formula is C31H41ClN6O4. The molecule has 2 aromatic heterocycles. The van der Waals surface area contributed by atoms with E-state index in [1.165, 1.54) is 7.11 Å². The maximum Gasteiger partial charge on any atom is 0.409 e. The highest BCUT2D eigenvalue weighted by molar-refractivity contribution is 6.33. The van der Waals surface area contributed by atoms with Crippen molar-refractivity contribution in [1.29, 1.82) is 0 Å². The molecule has 1 aromatic carbocycles. The second-order valence-electron chi connectivity index (χ2n) is 11.8. The summed E-state index contributed by atoms with van der Waals surface area (Å²) in [5, 5.41) is 15.3. The summed E-state index contributed by atoms with van der Waals surface area (Å²) in [5.74, 6) is 1.93. The number of aromatic nitrogens is 4. The van der Waals surface area contributed by atoms with Crippen LogP contribution in [0.2, 0.25) is 5.02 Å². The molecule has 0 unspecified atom stereocenters. The van der Waals surface area contributed by atoms with Gasteiger partial charge < -0.3 is 24.4 Å². The lowest BCUT2D eigenvalue weighted by molar-refractivity contribution is 0.0501. The van der Waals surface area contributed by atoms with Gasteiger partial charge in [0.05, 0.1) is 35.3 Å². The van der Waals surface area contributed by atoms with E-state index in [1.807, 2.05) is 36.5 Å². The molecule has 42 heavy (non-hydrogen) atoms. The summed E-state index contributed by atoms with van der Waals surface area (Å²) in [6.45, 7) is 11.3. The number of ether oxygens (including phenoxy) is 2. The van der Waals surface area contributed by atoms with E-state index < -0.39 is 6.10 Å². The van der Waals surface area contributed by atoms with Gasteiger partial charge in [-0.1, -0.05) is 24.9 Å². The number of amides is 1. The van der Waals surface area contributed by atoms with Crippen LogP contribution < -0.4 is 9.64 Å². The van der Waals surface area contributed by atoms with Crippen LogP contribution in [0.4, 0.5) is 10.6 Å². The Balaban J connectivity index is 1.53. The molecule has 10 nitrogen and oxygen atoms in total. The van der Waals surface area contributed by atoms with Gasteiger partial charge in [-0.15, -0.1) is 0 Å². The molecule has 2 aliphatic rings. The van der Waals surface area contributed by atoms with Crippen molar-refractivity contribution in [1.82, 2.24) is 24.6 Å². The third-order valence-corrected chi connectivity index (χ3v) is 8.88. The van der Waals surface area contributed by atoms with Gasteiger partial charge >= 0.3 is 6.09 Å². The predicted octanol–water partition coefficient (Wildman–Crippen LogP) is 5.33. The van der Waals surface area contributed by atoms with E-state index in [-0.39, 0.29) is 18.1 Å². The van der Waals surface area contributed by atoms with Crippen molar-refractivity contribution < 1.29 is 19.4 Å². The minimum absolute atomic E-state index is 0.00785. The standard InChI is InChI=1S/C31H41ClN6O4/c1-7-9-22(39)15-42-23-10-11-25(32)24(14-23)28-33-26(27-19(2)21(4)35-36(27)5)20(3)29(34-28)38-17-31(18-38)12-8-13-37(16-31)30(40)41-6/h10-11,14,22,39H,7-9,12-13,15-18H2,1-6H3/t22-/m1/s1. The number of hydrogen-bond donors (Lipinski definition) is 1. The number of likely N-dealkylation sites (tertiary alicyclic amines) is 1. The van der Waals surface area contributed by atoms with E-state index in [0.29, 0.717) is 35.1 Å². The first-order valence-corrected chi connectivity index (χ1v) is 15.0. The third kappa shape index (κ3) is 5.79. The van der Waals surface area contributed by atoms with Crippen LogP contribution in [-0.4, -0.2) is 81.8 Å². The lowest BCUT2D eigenvalue weighted by Gasteiger charge is -2.55. The van der Waals surface area contributed by atoms with Gasteiger partial charge in [0.25, 0.3) is 0 Å². The number of anilines is 1. The van der Waals surface area contributed by atoms with E-state index in [2.05, 4.69) is 23.8 Å². The average Bonchev–Trinajstić information content (AvgIpc) is 3.21. The van der Waals surface area contributed by atoms with E-state index in [0.717, 1.165) is 72.9 Å². The fourth-order valence-electron chi connectivity index (χ4n) is 6.30. The van der Waals surface area contributed by atoms with Gasteiger partial charge in [0.15, 0.2) is 5.82 Å². The Labute approximate surface area is 252 Å². The predicted molar refractivity (Wildman–Crippen MR) is 163 cm³/mol. The van der Waals surface area contributed by atoms with Crippen molar-refractivity contribution in [3.8, 4) is 28.5 Å². The molecule has 2 fully saturated rings. The molecule has 1 spiro atoms. The molecule has 4 heterocycles. The average molecular weight is 597 g/mol. The fraction of sp³-hybridized carbons (Fsp3) is 0.548. The Morgan fingerprint density at radius 1 is 1.17 bits per heavy atom. The van der Waals surface area contributed by atoms with Crippen LogP contribution >= 0.6 is 11.6 Å². The van der Waals surface area contributed by atoms with E-state index in [4.69, 9.17) is 31.0 Å². The molecule has 226 valence electrons. The number of carbonyl (C=O) groups is 1. The van der Waals surface area contributed by atoms with Crippen LogP contribution in [0.1, 0.15) is 49.4 Å². The molecule has 0 saturated carbocycles. The van der Waals surface area contributed by atoms with Gasteiger partial charge in [-0.05, 0) is 63.8 Å². The van der Waals surface area contributed by atoms with E-state index in [9.17, 15) is 9.90 Å². The Morgan fingerprint density at radius 2 is 1.93 bits per heavy atom. The quantitative estimate of drug-likeness (QED) is 0.372. The molecule has 11 heteroatoms. The number of halogens is 1. The summed E-state index contributed by atoms with van der Waals surface area (Å²) in [7, 11) is 3.37. The normalized spacial score (nSPS) is 16.9. The maximum absolute atomic E-state index is 12.3. The summed E-state index contributed by atoms with van der Waals surface area (Å²) < 4.78 is 12.8. The zero-order valence-electron chi connectivity index (χ0n) is 25.4. The molecule has 1 N–H and O–H groups in total. The molecule has 0 aliphatic carbocycles. The highest BCUT2D eigenvalue weighted by Crippen LogP contribution is 2.44. The first kappa shape index (κ1) is 30.1. The number of rotatable bonds is 8. The van der Waals surface area contributed by atoms with Crippen LogP contribution in [0.25, 0.3) is 22.8 Å². The Hall–Kier alpha value is -3.37. The topological polar surface area (TPSA) is 106 Å². The number of aryl methyl sites for hydroxylation is 2. The number of aliphatic hydroxyl groups is 1. The number of benzene rings is 1. The van der Waals surface area contributed by atoms with Crippen LogP contribution in [0, 0.1) is 26.2 Å². The number of methoxy groups -OCH3 is 1. The van der Waals surface area contributed by atoms with Crippen LogP contribution in [0.3, 0.4) is 0 Å². The summed E-state index contributed by atoms with van der Waals surface area (Å²) in [6.07, 6.45) is 2.75. The fourth-order valence-corrected chi connectivity index (χ4v) is 6.50.